The first-order valence-corrected chi connectivity index (χ1v) is 4.48. The van der Waals surface area contributed by atoms with Crippen LogP contribution in [0.25, 0.3) is 11.3 Å². The molecule has 1 heterocycles. The molecule has 13 heavy (non-hydrogen) atoms. The number of nitrogens with zero attached hydrogens (tertiary/aromatic N) is 1. The molecule has 2 nitrogen and oxygen atoms in total. The third-order valence-electron chi connectivity index (χ3n) is 1.69. The number of hydrogen-bond acceptors (Lipinski definition) is 1. The number of halogens is 2. The summed E-state index contributed by atoms with van der Waals surface area (Å²) in [6, 6.07) is 9.20. The van der Waals surface area contributed by atoms with Crippen LogP contribution in [0.1, 0.15) is 0 Å². The van der Waals surface area contributed by atoms with Crippen LogP contribution in [-0.2, 0) is 0 Å². The zero-order valence-electron chi connectivity index (χ0n) is 6.59. The molecule has 66 valence electrons. The molecule has 0 bridgehead atoms. The standard InChI is InChI=1S/C9H6Cl2N2/c10-7-3-1-6(2-4-7)8-5-9(11)13-12-8/h1-5H,(H,12,13). The Balaban J connectivity index is 2.41. The van der Waals surface area contributed by atoms with Gasteiger partial charge in [0.15, 0.2) is 0 Å². The van der Waals surface area contributed by atoms with Gasteiger partial charge in [0, 0.05) is 16.7 Å². The average molecular weight is 213 g/mol. The molecule has 2 aromatic rings. The molecule has 0 spiro atoms. The van der Waals surface area contributed by atoms with Gasteiger partial charge in [-0.3, -0.25) is 5.10 Å². The molecule has 1 N–H and O–H groups in total. The van der Waals surface area contributed by atoms with Crippen molar-refractivity contribution in [3.63, 3.8) is 0 Å². The van der Waals surface area contributed by atoms with E-state index in [0.717, 1.165) is 11.3 Å². The lowest BCUT2D eigenvalue weighted by molar-refractivity contribution is 1.10. The number of nitrogens with one attached hydrogen (secondary N) is 1. The summed E-state index contributed by atoms with van der Waals surface area (Å²) >= 11 is 11.4. The largest absolute Gasteiger partial charge is 0.267 e. The van der Waals surface area contributed by atoms with Gasteiger partial charge < -0.3 is 0 Å². The van der Waals surface area contributed by atoms with Crippen LogP contribution in [0.3, 0.4) is 0 Å². The monoisotopic (exact) mass is 212 g/mol. The van der Waals surface area contributed by atoms with Crippen molar-refractivity contribution >= 4 is 23.2 Å². The number of H-pyrrole nitrogens is 1. The number of aromatic amines is 1. The third kappa shape index (κ3) is 1.85. The topological polar surface area (TPSA) is 28.7 Å². The maximum atomic E-state index is 5.75. The highest BCUT2D eigenvalue weighted by atomic mass is 35.5. The van der Waals surface area contributed by atoms with Crippen LogP contribution >= 0.6 is 23.2 Å². The van der Waals surface area contributed by atoms with Crippen LogP contribution in [0.15, 0.2) is 30.3 Å². The Morgan fingerprint density at radius 2 is 1.77 bits per heavy atom. The summed E-state index contributed by atoms with van der Waals surface area (Å²) in [5.41, 5.74) is 1.81. The summed E-state index contributed by atoms with van der Waals surface area (Å²) in [4.78, 5) is 0. The van der Waals surface area contributed by atoms with E-state index < -0.39 is 0 Å². The summed E-state index contributed by atoms with van der Waals surface area (Å²) in [5, 5.41) is 7.93. The van der Waals surface area contributed by atoms with Crippen LogP contribution in [-0.4, -0.2) is 10.2 Å². The Hall–Kier alpha value is -0.990. The number of hydrogen-bond donors (Lipinski definition) is 1. The molecular weight excluding hydrogens is 207 g/mol. The van der Waals surface area contributed by atoms with Crippen LogP contribution in [0, 0.1) is 0 Å². The fourth-order valence-corrected chi connectivity index (χ4v) is 1.34. The Kier molecular flexibility index (Phi) is 2.25. The van der Waals surface area contributed by atoms with Gasteiger partial charge in [-0.25, -0.2) is 0 Å². The van der Waals surface area contributed by atoms with Crippen molar-refractivity contribution in [2.24, 2.45) is 0 Å². The fraction of sp³-hybridized carbons (Fsp3) is 0. The molecule has 2 rings (SSSR count). The second-order valence-electron chi connectivity index (χ2n) is 2.61. The van der Waals surface area contributed by atoms with Crippen molar-refractivity contribution in [2.75, 3.05) is 0 Å². The van der Waals surface area contributed by atoms with Crippen molar-refractivity contribution < 1.29 is 0 Å². The summed E-state index contributed by atoms with van der Waals surface area (Å²) < 4.78 is 0. The molecular formula is C9H6Cl2N2. The Bertz CT molecular complexity index is 406. The number of aromatic nitrogens is 2. The van der Waals surface area contributed by atoms with Crippen molar-refractivity contribution in [1.29, 1.82) is 0 Å². The third-order valence-corrected chi connectivity index (χ3v) is 2.13. The fourth-order valence-electron chi connectivity index (χ4n) is 1.07. The molecule has 0 atom stereocenters. The van der Waals surface area contributed by atoms with E-state index in [1.807, 2.05) is 24.3 Å². The van der Waals surface area contributed by atoms with Gasteiger partial charge in [-0.1, -0.05) is 35.3 Å². The van der Waals surface area contributed by atoms with E-state index in [4.69, 9.17) is 23.2 Å². The second kappa shape index (κ2) is 3.40. The SMILES string of the molecule is Clc1ccc(-c2cc(Cl)[nH]n2)cc1. The minimum Gasteiger partial charge on any atom is -0.267 e. The van der Waals surface area contributed by atoms with Crippen molar-refractivity contribution in [2.45, 2.75) is 0 Å². The van der Waals surface area contributed by atoms with E-state index in [1.165, 1.54) is 0 Å². The highest BCUT2D eigenvalue weighted by molar-refractivity contribution is 6.30. The maximum Gasteiger partial charge on any atom is 0.124 e. The van der Waals surface area contributed by atoms with Gasteiger partial charge in [-0.15, -0.1) is 0 Å². The first-order valence-electron chi connectivity index (χ1n) is 3.72. The smallest absolute Gasteiger partial charge is 0.124 e. The molecule has 0 amide bonds. The van der Waals surface area contributed by atoms with Gasteiger partial charge in [0.25, 0.3) is 0 Å². The quantitative estimate of drug-likeness (QED) is 0.772. The van der Waals surface area contributed by atoms with Crippen molar-refractivity contribution in [1.82, 2.24) is 10.2 Å². The van der Waals surface area contributed by atoms with Gasteiger partial charge in [0.2, 0.25) is 0 Å². The molecule has 0 fully saturated rings. The Morgan fingerprint density at radius 3 is 2.31 bits per heavy atom. The molecule has 1 aromatic carbocycles. The zero-order valence-corrected chi connectivity index (χ0v) is 8.10. The molecule has 1 aromatic heterocycles. The highest BCUT2D eigenvalue weighted by Crippen LogP contribution is 2.21. The summed E-state index contributed by atoms with van der Waals surface area (Å²) in [6.07, 6.45) is 0. The predicted molar refractivity (Wildman–Crippen MR) is 54.0 cm³/mol. The van der Waals surface area contributed by atoms with Gasteiger partial charge in [-0.2, -0.15) is 5.10 Å². The molecule has 4 heteroatoms. The molecule has 0 aliphatic rings. The van der Waals surface area contributed by atoms with Crippen molar-refractivity contribution in [3.05, 3.63) is 40.5 Å². The predicted octanol–water partition coefficient (Wildman–Crippen LogP) is 3.38. The van der Waals surface area contributed by atoms with E-state index in [1.54, 1.807) is 6.07 Å². The molecule has 0 unspecified atom stereocenters. The van der Waals surface area contributed by atoms with E-state index in [0.29, 0.717) is 10.2 Å². The summed E-state index contributed by atoms with van der Waals surface area (Å²) in [5.74, 6) is 0. The molecule has 0 radical (unpaired) electrons. The van der Waals surface area contributed by atoms with E-state index in [-0.39, 0.29) is 0 Å². The second-order valence-corrected chi connectivity index (χ2v) is 3.45. The van der Waals surface area contributed by atoms with Gasteiger partial charge in [0.05, 0.1) is 5.69 Å². The minimum atomic E-state index is 0.532. The Morgan fingerprint density at radius 1 is 1.08 bits per heavy atom. The first-order chi connectivity index (χ1) is 6.25. The van der Waals surface area contributed by atoms with Crippen molar-refractivity contribution in [3.8, 4) is 11.3 Å². The molecule has 0 saturated heterocycles. The van der Waals surface area contributed by atoms with Gasteiger partial charge in [-0.05, 0) is 12.1 Å². The van der Waals surface area contributed by atoms with E-state index in [2.05, 4.69) is 10.2 Å². The van der Waals surface area contributed by atoms with Crippen LogP contribution in [0.2, 0.25) is 10.2 Å². The lowest BCUT2D eigenvalue weighted by atomic mass is 10.2. The summed E-state index contributed by atoms with van der Waals surface area (Å²) in [7, 11) is 0. The Labute approximate surface area is 85.5 Å². The molecule has 0 aliphatic heterocycles. The summed E-state index contributed by atoms with van der Waals surface area (Å²) in [6.45, 7) is 0. The molecule has 0 aliphatic carbocycles. The lowest BCUT2D eigenvalue weighted by Gasteiger charge is -1.94. The van der Waals surface area contributed by atoms with Gasteiger partial charge >= 0.3 is 0 Å². The first kappa shape index (κ1) is 8.60. The highest BCUT2D eigenvalue weighted by Gasteiger charge is 2.01. The maximum absolute atomic E-state index is 5.75. The number of rotatable bonds is 1. The normalized spacial score (nSPS) is 10.3. The van der Waals surface area contributed by atoms with E-state index >= 15 is 0 Å². The van der Waals surface area contributed by atoms with Crippen LogP contribution in [0.5, 0.6) is 0 Å². The lowest BCUT2D eigenvalue weighted by Crippen LogP contribution is -1.76. The van der Waals surface area contributed by atoms with Crippen LogP contribution in [0.4, 0.5) is 0 Å². The number of benzene rings is 1. The molecule has 0 saturated carbocycles. The van der Waals surface area contributed by atoms with Crippen LogP contribution < -0.4 is 0 Å². The van der Waals surface area contributed by atoms with Gasteiger partial charge in [0.1, 0.15) is 5.15 Å². The minimum absolute atomic E-state index is 0.532. The van der Waals surface area contributed by atoms with E-state index in [9.17, 15) is 0 Å². The zero-order chi connectivity index (χ0) is 9.26. The average Bonchev–Trinajstić information content (AvgIpc) is 2.53.